The van der Waals surface area contributed by atoms with Crippen molar-refractivity contribution in [2.75, 3.05) is 7.11 Å². The lowest BCUT2D eigenvalue weighted by molar-refractivity contribution is -0.147. The number of nitrogens with zero attached hydrogens (tertiary/aromatic N) is 1. The van der Waals surface area contributed by atoms with E-state index in [1.807, 2.05) is 58.0 Å². The van der Waals surface area contributed by atoms with E-state index >= 15 is 0 Å². The third kappa shape index (κ3) is 10.2. The van der Waals surface area contributed by atoms with Gasteiger partial charge in [-0.15, -0.1) is 0 Å². The Hall–Kier alpha value is -2.61. The number of hydrogen-bond acceptors (Lipinski definition) is 6. The number of amides is 2. The standard InChI is InChI=1S/C25H41N3O5/c1-9-18(4)21(22(29)26-20(15-17(2)3)23(30)32-8)28(16-19-13-11-10-12-14-19)27-24(31)33-25(5,6)7/h10-14,17-18,20-21H,9,15-16H2,1-8H3,(H,26,29)(H,27,31)/t18-,20-,21-/m0/s1. The molecule has 0 saturated carbocycles. The maximum Gasteiger partial charge on any atom is 0.422 e. The largest absolute Gasteiger partial charge is 0.467 e. The number of carbonyl (C=O) groups excluding carboxylic acids is 3. The second-order valence-electron chi connectivity index (χ2n) is 9.77. The molecule has 0 unspecified atom stereocenters. The lowest BCUT2D eigenvalue weighted by Gasteiger charge is -2.35. The van der Waals surface area contributed by atoms with Crippen molar-refractivity contribution in [1.82, 2.24) is 15.8 Å². The molecule has 0 aliphatic heterocycles. The normalized spacial score (nSPS) is 14.4. The number of benzene rings is 1. The summed E-state index contributed by atoms with van der Waals surface area (Å²) in [7, 11) is 1.31. The van der Waals surface area contributed by atoms with Crippen LogP contribution in [0.15, 0.2) is 30.3 Å². The summed E-state index contributed by atoms with van der Waals surface area (Å²) in [4.78, 5) is 38.4. The molecule has 1 aromatic carbocycles. The van der Waals surface area contributed by atoms with Crippen LogP contribution in [0.2, 0.25) is 0 Å². The summed E-state index contributed by atoms with van der Waals surface area (Å²) in [6, 6.07) is 8.04. The Labute approximate surface area is 198 Å². The molecule has 2 N–H and O–H groups in total. The maximum atomic E-state index is 13.5. The highest BCUT2D eigenvalue weighted by molar-refractivity contribution is 5.88. The number of methoxy groups -OCH3 is 1. The number of rotatable bonds is 11. The van der Waals surface area contributed by atoms with E-state index in [2.05, 4.69) is 10.7 Å². The molecule has 0 aliphatic rings. The Kier molecular flexibility index (Phi) is 11.4. The number of hydrogen-bond donors (Lipinski definition) is 2. The van der Waals surface area contributed by atoms with Crippen LogP contribution in [0.25, 0.3) is 0 Å². The summed E-state index contributed by atoms with van der Waals surface area (Å²) in [5.74, 6) is -0.792. The minimum atomic E-state index is -0.769. The fourth-order valence-corrected chi connectivity index (χ4v) is 3.42. The van der Waals surface area contributed by atoms with E-state index in [1.54, 1.807) is 25.8 Å². The molecule has 186 valence electrons. The summed E-state index contributed by atoms with van der Waals surface area (Å²) < 4.78 is 10.3. The zero-order chi connectivity index (χ0) is 25.2. The van der Waals surface area contributed by atoms with Crippen LogP contribution in [0.1, 0.15) is 66.9 Å². The summed E-state index contributed by atoms with van der Waals surface area (Å²) in [6.45, 7) is 13.5. The summed E-state index contributed by atoms with van der Waals surface area (Å²) in [6.07, 6.45) is 0.488. The van der Waals surface area contributed by atoms with E-state index in [-0.39, 0.29) is 24.3 Å². The first-order valence-electron chi connectivity index (χ1n) is 11.6. The van der Waals surface area contributed by atoms with Gasteiger partial charge < -0.3 is 14.8 Å². The van der Waals surface area contributed by atoms with Crippen LogP contribution in [-0.2, 0) is 25.6 Å². The summed E-state index contributed by atoms with van der Waals surface area (Å²) in [5.41, 5.74) is 3.00. The van der Waals surface area contributed by atoms with Crippen molar-refractivity contribution in [3.05, 3.63) is 35.9 Å². The number of ether oxygens (including phenoxy) is 2. The van der Waals surface area contributed by atoms with Gasteiger partial charge in [0, 0.05) is 6.54 Å². The first-order chi connectivity index (χ1) is 15.4. The molecule has 0 heterocycles. The smallest absolute Gasteiger partial charge is 0.422 e. The van der Waals surface area contributed by atoms with Crippen molar-refractivity contribution >= 4 is 18.0 Å². The van der Waals surface area contributed by atoms with Crippen LogP contribution in [-0.4, -0.2) is 47.8 Å². The van der Waals surface area contributed by atoms with Crippen molar-refractivity contribution in [1.29, 1.82) is 0 Å². The first kappa shape index (κ1) is 28.4. The van der Waals surface area contributed by atoms with E-state index in [0.29, 0.717) is 12.8 Å². The lowest BCUT2D eigenvalue weighted by Crippen LogP contribution is -2.59. The van der Waals surface area contributed by atoms with Crippen molar-refractivity contribution < 1.29 is 23.9 Å². The number of nitrogens with one attached hydrogen (secondary N) is 2. The Bertz CT molecular complexity index is 761. The molecule has 0 aliphatic carbocycles. The Balaban J connectivity index is 3.26. The van der Waals surface area contributed by atoms with Crippen LogP contribution in [0.5, 0.6) is 0 Å². The maximum absolute atomic E-state index is 13.5. The van der Waals surface area contributed by atoms with Gasteiger partial charge >= 0.3 is 12.1 Å². The van der Waals surface area contributed by atoms with Crippen molar-refractivity contribution in [3.63, 3.8) is 0 Å². The third-order valence-electron chi connectivity index (χ3n) is 5.13. The molecular weight excluding hydrogens is 422 g/mol. The number of carbonyl (C=O) groups is 3. The number of esters is 1. The van der Waals surface area contributed by atoms with Crippen LogP contribution < -0.4 is 10.7 Å². The quantitative estimate of drug-likeness (QED) is 0.380. The van der Waals surface area contributed by atoms with Crippen molar-refractivity contribution in [2.24, 2.45) is 11.8 Å². The topological polar surface area (TPSA) is 97.0 Å². The van der Waals surface area contributed by atoms with Gasteiger partial charge in [-0.3, -0.25) is 10.2 Å². The second kappa shape index (κ2) is 13.2. The zero-order valence-corrected chi connectivity index (χ0v) is 21.3. The van der Waals surface area contributed by atoms with E-state index < -0.39 is 29.7 Å². The second-order valence-corrected chi connectivity index (χ2v) is 9.77. The minimum Gasteiger partial charge on any atom is -0.467 e. The van der Waals surface area contributed by atoms with Crippen LogP contribution in [0.4, 0.5) is 4.79 Å². The van der Waals surface area contributed by atoms with Crippen molar-refractivity contribution in [2.45, 2.75) is 85.5 Å². The van der Waals surface area contributed by atoms with Gasteiger partial charge in [0.05, 0.1) is 7.11 Å². The fraction of sp³-hybridized carbons (Fsp3) is 0.640. The van der Waals surface area contributed by atoms with Crippen LogP contribution in [0.3, 0.4) is 0 Å². The highest BCUT2D eigenvalue weighted by atomic mass is 16.6. The fourth-order valence-electron chi connectivity index (χ4n) is 3.42. The Morgan fingerprint density at radius 1 is 1.06 bits per heavy atom. The summed E-state index contributed by atoms with van der Waals surface area (Å²) >= 11 is 0. The molecule has 33 heavy (non-hydrogen) atoms. The minimum absolute atomic E-state index is 0.124. The molecule has 0 radical (unpaired) electrons. The van der Waals surface area contributed by atoms with Gasteiger partial charge in [0.1, 0.15) is 17.7 Å². The molecule has 8 heteroatoms. The molecule has 0 saturated heterocycles. The Morgan fingerprint density at radius 2 is 1.67 bits per heavy atom. The molecule has 1 aromatic rings. The van der Waals surface area contributed by atoms with Gasteiger partial charge in [0.2, 0.25) is 5.91 Å². The van der Waals surface area contributed by atoms with Crippen LogP contribution in [0, 0.1) is 11.8 Å². The molecule has 0 spiro atoms. The average Bonchev–Trinajstić information content (AvgIpc) is 2.71. The van der Waals surface area contributed by atoms with Crippen LogP contribution >= 0.6 is 0 Å². The number of hydrazine groups is 1. The van der Waals surface area contributed by atoms with Gasteiger partial charge in [0.15, 0.2) is 0 Å². The molecule has 8 nitrogen and oxygen atoms in total. The first-order valence-corrected chi connectivity index (χ1v) is 11.6. The van der Waals surface area contributed by atoms with E-state index in [1.165, 1.54) is 7.11 Å². The van der Waals surface area contributed by atoms with Gasteiger partial charge in [-0.05, 0) is 44.6 Å². The highest BCUT2D eigenvalue weighted by Gasteiger charge is 2.35. The van der Waals surface area contributed by atoms with Gasteiger partial charge in [-0.1, -0.05) is 64.4 Å². The predicted molar refractivity (Wildman–Crippen MR) is 128 cm³/mol. The molecule has 3 atom stereocenters. The van der Waals surface area contributed by atoms with E-state index in [9.17, 15) is 14.4 Å². The van der Waals surface area contributed by atoms with Gasteiger partial charge in [-0.2, -0.15) is 0 Å². The molecule has 0 fully saturated rings. The van der Waals surface area contributed by atoms with Gasteiger partial charge in [0.25, 0.3) is 0 Å². The molecule has 0 aromatic heterocycles. The van der Waals surface area contributed by atoms with Crippen molar-refractivity contribution in [3.8, 4) is 0 Å². The molecule has 1 rings (SSSR count). The van der Waals surface area contributed by atoms with E-state index in [0.717, 1.165) is 5.56 Å². The molecule has 2 amide bonds. The predicted octanol–water partition coefficient (Wildman–Crippen LogP) is 4.05. The monoisotopic (exact) mass is 463 g/mol. The average molecular weight is 464 g/mol. The van der Waals surface area contributed by atoms with E-state index in [4.69, 9.17) is 9.47 Å². The Morgan fingerprint density at radius 3 is 2.15 bits per heavy atom. The summed E-state index contributed by atoms with van der Waals surface area (Å²) in [5, 5.41) is 4.45. The van der Waals surface area contributed by atoms with Gasteiger partial charge in [-0.25, -0.2) is 14.6 Å². The zero-order valence-electron chi connectivity index (χ0n) is 21.3. The molecular formula is C25H41N3O5. The third-order valence-corrected chi connectivity index (χ3v) is 5.13. The lowest BCUT2D eigenvalue weighted by atomic mass is 9.96. The highest BCUT2D eigenvalue weighted by Crippen LogP contribution is 2.19. The molecule has 0 bridgehead atoms. The SMILES string of the molecule is CC[C@H](C)[C@@H](C(=O)N[C@@H](CC(C)C)C(=O)OC)N(Cc1ccccc1)NC(=O)OC(C)(C)C.